The number of hydrogen-bond donors (Lipinski definition) is 1. The molecule has 0 fully saturated rings. The van der Waals surface area contributed by atoms with E-state index in [2.05, 4.69) is 5.32 Å². The van der Waals surface area contributed by atoms with E-state index in [1.54, 1.807) is 38.3 Å². The summed E-state index contributed by atoms with van der Waals surface area (Å²) in [5, 5.41) is 13.6. The van der Waals surface area contributed by atoms with Crippen LogP contribution >= 0.6 is 11.6 Å². The van der Waals surface area contributed by atoms with Gasteiger partial charge in [0, 0.05) is 11.6 Å². The zero-order valence-electron chi connectivity index (χ0n) is 13.7. The third-order valence-electron chi connectivity index (χ3n) is 3.34. The lowest BCUT2D eigenvalue weighted by Gasteiger charge is -2.15. The number of benzene rings is 2. The van der Waals surface area contributed by atoms with E-state index in [1.807, 2.05) is 0 Å². The number of hydrogen-bond acceptors (Lipinski definition) is 5. The van der Waals surface area contributed by atoms with Crippen molar-refractivity contribution >= 4 is 23.2 Å². The number of nitro benzene ring substituents is 1. The standard InChI is InChI=1S/C17H17ClN2O5/c1-11(10-25-14-6-4-13(24-2)5-7-14)19-17(21)12-3-8-15(18)16(9-12)20(22)23/h3-9,11H,10H2,1-2H3,(H,19,21). The predicted molar refractivity (Wildman–Crippen MR) is 93.5 cm³/mol. The monoisotopic (exact) mass is 364 g/mol. The zero-order valence-corrected chi connectivity index (χ0v) is 14.4. The van der Waals surface area contributed by atoms with E-state index in [4.69, 9.17) is 21.1 Å². The molecule has 0 bridgehead atoms. The lowest BCUT2D eigenvalue weighted by Crippen LogP contribution is -2.36. The SMILES string of the molecule is COc1ccc(OCC(C)NC(=O)c2ccc(Cl)c([N+](=O)[O-])c2)cc1. The van der Waals surface area contributed by atoms with Crippen molar-refractivity contribution in [1.82, 2.24) is 5.32 Å². The fourth-order valence-electron chi connectivity index (χ4n) is 2.04. The van der Waals surface area contributed by atoms with E-state index < -0.39 is 10.8 Å². The molecule has 1 N–H and O–H groups in total. The molecule has 0 aliphatic heterocycles. The van der Waals surface area contributed by atoms with Gasteiger partial charge in [0.1, 0.15) is 23.1 Å². The Balaban J connectivity index is 1.93. The number of halogens is 1. The number of carbonyl (C=O) groups excluding carboxylic acids is 1. The Bertz CT molecular complexity index is 764. The van der Waals surface area contributed by atoms with Crippen LogP contribution < -0.4 is 14.8 Å². The molecule has 25 heavy (non-hydrogen) atoms. The average Bonchev–Trinajstić information content (AvgIpc) is 2.60. The normalized spacial score (nSPS) is 11.5. The average molecular weight is 365 g/mol. The highest BCUT2D eigenvalue weighted by atomic mass is 35.5. The van der Waals surface area contributed by atoms with Crippen LogP contribution in [0, 0.1) is 10.1 Å². The van der Waals surface area contributed by atoms with Crippen molar-refractivity contribution < 1.29 is 19.2 Å². The predicted octanol–water partition coefficient (Wildman–Crippen LogP) is 3.45. The third kappa shape index (κ3) is 5.09. The minimum atomic E-state index is -0.630. The van der Waals surface area contributed by atoms with Gasteiger partial charge in [0.05, 0.1) is 18.1 Å². The van der Waals surface area contributed by atoms with Crippen molar-refractivity contribution in [3.05, 3.63) is 63.2 Å². The lowest BCUT2D eigenvalue weighted by atomic mass is 10.2. The van der Waals surface area contributed by atoms with Crippen LogP contribution in [0.5, 0.6) is 11.5 Å². The molecule has 0 heterocycles. The van der Waals surface area contributed by atoms with E-state index in [0.717, 1.165) is 11.8 Å². The van der Waals surface area contributed by atoms with Gasteiger partial charge >= 0.3 is 0 Å². The highest BCUT2D eigenvalue weighted by Crippen LogP contribution is 2.25. The highest BCUT2D eigenvalue weighted by Gasteiger charge is 2.17. The summed E-state index contributed by atoms with van der Waals surface area (Å²) in [4.78, 5) is 22.4. The molecule has 0 aromatic heterocycles. The molecule has 2 rings (SSSR count). The maximum absolute atomic E-state index is 12.2. The smallest absolute Gasteiger partial charge is 0.288 e. The first-order valence-corrected chi connectivity index (χ1v) is 7.80. The Morgan fingerprint density at radius 3 is 2.48 bits per heavy atom. The van der Waals surface area contributed by atoms with E-state index >= 15 is 0 Å². The number of nitrogens with one attached hydrogen (secondary N) is 1. The van der Waals surface area contributed by atoms with E-state index in [0.29, 0.717) is 5.75 Å². The third-order valence-corrected chi connectivity index (χ3v) is 3.66. The van der Waals surface area contributed by atoms with Crippen LogP contribution in [0.25, 0.3) is 0 Å². The molecule has 1 atom stereocenters. The molecule has 1 amide bonds. The maximum Gasteiger partial charge on any atom is 0.288 e. The van der Waals surface area contributed by atoms with Gasteiger partial charge in [-0.25, -0.2) is 0 Å². The fraction of sp³-hybridized carbons (Fsp3) is 0.235. The molecule has 0 saturated carbocycles. The Morgan fingerprint density at radius 2 is 1.88 bits per heavy atom. The van der Waals surface area contributed by atoms with Gasteiger partial charge in [-0.1, -0.05) is 11.6 Å². The van der Waals surface area contributed by atoms with Gasteiger partial charge in [0.15, 0.2) is 0 Å². The van der Waals surface area contributed by atoms with Gasteiger partial charge in [-0.15, -0.1) is 0 Å². The molecule has 1 unspecified atom stereocenters. The number of nitro groups is 1. The Labute approximate surface area is 149 Å². The first-order valence-electron chi connectivity index (χ1n) is 7.42. The molecule has 8 heteroatoms. The highest BCUT2D eigenvalue weighted by molar-refractivity contribution is 6.32. The second-order valence-corrected chi connectivity index (χ2v) is 5.69. The Morgan fingerprint density at radius 1 is 1.24 bits per heavy atom. The Hall–Kier alpha value is -2.80. The largest absolute Gasteiger partial charge is 0.497 e. The quantitative estimate of drug-likeness (QED) is 0.600. The van der Waals surface area contributed by atoms with Crippen molar-refractivity contribution in [3.63, 3.8) is 0 Å². The molecule has 0 saturated heterocycles. The van der Waals surface area contributed by atoms with Gasteiger partial charge in [0.25, 0.3) is 11.6 Å². The number of nitrogens with zero attached hydrogens (tertiary/aromatic N) is 1. The van der Waals surface area contributed by atoms with Gasteiger partial charge in [0.2, 0.25) is 0 Å². The second kappa shape index (κ2) is 8.34. The molecule has 0 spiro atoms. The topological polar surface area (TPSA) is 90.7 Å². The first-order chi connectivity index (χ1) is 11.9. The summed E-state index contributed by atoms with van der Waals surface area (Å²) in [5.41, 5.74) is -0.149. The van der Waals surface area contributed by atoms with Crippen LogP contribution in [0.15, 0.2) is 42.5 Å². The molecule has 0 aliphatic carbocycles. The summed E-state index contributed by atoms with van der Waals surface area (Å²) >= 11 is 5.74. The first kappa shape index (κ1) is 18.5. The molecule has 2 aromatic rings. The maximum atomic E-state index is 12.2. The minimum absolute atomic E-state index is 0.0163. The van der Waals surface area contributed by atoms with Gasteiger partial charge in [-0.3, -0.25) is 14.9 Å². The summed E-state index contributed by atoms with van der Waals surface area (Å²) in [5.74, 6) is 0.924. The van der Waals surface area contributed by atoms with Crippen LogP contribution in [-0.4, -0.2) is 30.6 Å². The molecular weight excluding hydrogens is 348 g/mol. The van der Waals surface area contributed by atoms with Crippen molar-refractivity contribution in [2.45, 2.75) is 13.0 Å². The number of amides is 1. The van der Waals surface area contributed by atoms with E-state index in [9.17, 15) is 14.9 Å². The fourth-order valence-corrected chi connectivity index (χ4v) is 2.22. The van der Waals surface area contributed by atoms with Crippen molar-refractivity contribution in [2.24, 2.45) is 0 Å². The van der Waals surface area contributed by atoms with Crippen LogP contribution in [0.2, 0.25) is 5.02 Å². The molecule has 2 aromatic carbocycles. The number of methoxy groups -OCH3 is 1. The number of carbonyl (C=O) groups is 1. The molecular formula is C17H17ClN2O5. The molecule has 132 valence electrons. The zero-order chi connectivity index (χ0) is 18.4. The second-order valence-electron chi connectivity index (χ2n) is 5.28. The summed E-state index contributed by atoms with van der Waals surface area (Å²) in [6.45, 7) is 2.01. The molecule has 0 radical (unpaired) electrons. The van der Waals surface area contributed by atoms with Crippen LogP contribution in [0.3, 0.4) is 0 Å². The summed E-state index contributed by atoms with van der Waals surface area (Å²) in [6, 6.07) is 10.7. The van der Waals surface area contributed by atoms with Crippen molar-refractivity contribution in [3.8, 4) is 11.5 Å². The van der Waals surface area contributed by atoms with Crippen molar-refractivity contribution in [1.29, 1.82) is 0 Å². The molecule has 7 nitrogen and oxygen atoms in total. The van der Waals surface area contributed by atoms with E-state index in [1.165, 1.54) is 12.1 Å². The number of ether oxygens (including phenoxy) is 2. The summed E-state index contributed by atoms with van der Waals surface area (Å²) in [7, 11) is 1.58. The van der Waals surface area contributed by atoms with E-state index in [-0.39, 0.29) is 28.9 Å². The van der Waals surface area contributed by atoms with Crippen LogP contribution in [-0.2, 0) is 0 Å². The lowest BCUT2D eigenvalue weighted by molar-refractivity contribution is -0.384. The van der Waals surface area contributed by atoms with Crippen molar-refractivity contribution in [2.75, 3.05) is 13.7 Å². The van der Waals surface area contributed by atoms with Crippen LogP contribution in [0.1, 0.15) is 17.3 Å². The minimum Gasteiger partial charge on any atom is -0.497 e. The number of rotatable bonds is 7. The van der Waals surface area contributed by atoms with Crippen LogP contribution in [0.4, 0.5) is 5.69 Å². The summed E-state index contributed by atoms with van der Waals surface area (Å²) in [6.07, 6.45) is 0. The molecule has 0 aliphatic rings. The van der Waals surface area contributed by atoms with Gasteiger partial charge in [-0.05, 0) is 43.3 Å². The van der Waals surface area contributed by atoms with Gasteiger partial charge in [-0.2, -0.15) is 0 Å². The van der Waals surface area contributed by atoms with Gasteiger partial charge < -0.3 is 14.8 Å². The summed E-state index contributed by atoms with van der Waals surface area (Å²) < 4.78 is 10.6. The Kier molecular flexibility index (Phi) is 6.19.